The highest BCUT2D eigenvalue weighted by molar-refractivity contribution is 7.20. The minimum Gasteiger partial charge on any atom is -0.287 e. The number of benzene rings is 8. The van der Waals surface area contributed by atoms with E-state index >= 15 is 0 Å². The van der Waals surface area contributed by atoms with Gasteiger partial charge in [-0.3, -0.25) is 9.59 Å². The molecule has 0 N–H and O–H groups in total. The van der Waals surface area contributed by atoms with E-state index in [0.29, 0.717) is 16.8 Å². The summed E-state index contributed by atoms with van der Waals surface area (Å²) in [6.45, 7) is 0.101. The molecule has 0 aliphatic carbocycles. The maximum Gasteiger partial charge on any atom is 0.416 e. The standard InChI is InChI=1S/C32H12BF24.C28H20NO2/c34-25(35,36)13-1-14(26(37,38)39)6-21(5-13)33(22-7-15(27(40,41)42)2-16(8-22)28(43,44)45,23-9-17(29(46,47)48)3-18(10-23)30(49,50)51)24-11-19(31(52,53)54)4-20(12-24)32(55,56)57;30-26(22-10-2-1-3-11-22)19-29-17-16-21-9-6-7-13-25(21)27(29)28(31)24-15-14-20-8-4-5-12-23(20)18-24/h1-12H;1-18H,19H2/q-1;+1. The molecule has 0 saturated carbocycles. The predicted octanol–water partition coefficient (Wildman–Crippen LogP) is 16.6. The molecule has 0 amide bonds. The number of fused-ring (bicyclic) bond motifs is 2. The van der Waals surface area contributed by atoms with Crippen molar-refractivity contribution < 1.29 is 120 Å². The molecule has 9 rings (SSSR count). The third-order valence-electron chi connectivity index (χ3n) is 14.0. The maximum atomic E-state index is 14.2. The van der Waals surface area contributed by atoms with Crippen LogP contribution in [0.1, 0.15) is 70.9 Å². The quantitative estimate of drug-likeness (QED) is 0.0625. The Labute approximate surface area is 479 Å². The van der Waals surface area contributed by atoms with Crippen LogP contribution < -0.4 is 26.4 Å². The number of rotatable bonds is 9. The zero-order chi connectivity index (χ0) is 65.1. The van der Waals surface area contributed by atoms with Gasteiger partial charge in [0, 0.05) is 17.2 Å². The number of Topliss-reactive ketones (excluding diaryl/α,β-unsaturated/α-hetero) is 1. The van der Waals surface area contributed by atoms with E-state index in [4.69, 9.17) is 0 Å². The molecule has 88 heavy (non-hydrogen) atoms. The van der Waals surface area contributed by atoms with Crippen molar-refractivity contribution in [3.8, 4) is 0 Å². The number of carbonyl (C=O) groups excluding carboxylic acids is 2. The fourth-order valence-electron chi connectivity index (χ4n) is 10.0. The summed E-state index contributed by atoms with van der Waals surface area (Å²) < 4.78 is 343. The highest BCUT2D eigenvalue weighted by Crippen LogP contribution is 2.42. The lowest BCUT2D eigenvalue weighted by Gasteiger charge is -2.46. The third kappa shape index (κ3) is 13.9. The molecular formula is C60H32BF24NO2. The Morgan fingerprint density at radius 1 is 0.307 bits per heavy atom. The lowest BCUT2D eigenvalue weighted by molar-refractivity contribution is -0.683. The molecule has 0 saturated heterocycles. The fraction of sp³-hybridized carbons (Fsp3) is 0.150. The van der Waals surface area contributed by atoms with E-state index in [1.165, 1.54) is 0 Å². The Bertz CT molecular complexity index is 3680. The molecule has 460 valence electrons. The number of ketones is 2. The van der Waals surface area contributed by atoms with Crippen molar-refractivity contribution in [2.75, 3.05) is 0 Å². The van der Waals surface area contributed by atoms with Gasteiger partial charge >= 0.3 is 49.4 Å². The minimum absolute atomic E-state index is 0.0338. The van der Waals surface area contributed by atoms with E-state index in [2.05, 4.69) is 0 Å². The zero-order valence-corrected chi connectivity index (χ0v) is 43.4. The summed E-state index contributed by atoms with van der Waals surface area (Å²) in [5, 5.41) is 3.91. The summed E-state index contributed by atoms with van der Waals surface area (Å²) in [6, 6.07) is 23.8. The summed E-state index contributed by atoms with van der Waals surface area (Å²) in [4.78, 5) is 26.6. The molecule has 0 aliphatic heterocycles. The highest BCUT2D eigenvalue weighted by Gasteiger charge is 2.47. The van der Waals surface area contributed by atoms with Gasteiger partial charge in [0.25, 0.3) is 11.5 Å². The van der Waals surface area contributed by atoms with Gasteiger partial charge in [0.15, 0.2) is 6.20 Å². The molecule has 0 fully saturated rings. The first-order chi connectivity index (χ1) is 40.5. The van der Waals surface area contributed by atoms with Gasteiger partial charge in [0.1, 0.15) is 6.15 Å². The molecule has 8 aromatic carbocycles. The van der Waals surface area contributed by atoms with Crippen LogP contribution in [0.5, 0.6) is 0 Å². The zero-order valence-electron chi connectivity index (χ0n) is 43.4. The predicted molar refractivity (Wildman–Crippen MR) is 272 cm³/mol. The number of nitrogens with zero attached hydrogens (tertiary/aromatic N) is 1. The molecule has 1 heterocycles. The summed E-state index contributed by atoms with van der Waals surface area (Å²) >= 11 is 0. The largest absolute Gasteiger partial charge is 0.416 e. The van der Waals surface area contributed by atoms with E-state index in [1.807, 2.05) is 97.2 Å². The molecule has 0 bridgehead atoms. The van der Waals surface area contributed by atoms with Crippen LogP contribution in [0.4, 0.5) is 105 Å². The number of halogens is 24. The molecular weight excluding hydrogens is 1230 g/mol. The smallest absolute Gasteiger partial charge is 0.287 e. The van der Waals surface area contributed by atoms with Gasteiger partial charge in [-0.2, -0.15) is 132 Å². The number of hydrogen-bond acceptors (Lipinski definition) is 2. The van der Waals surface area contributed by atoms with Crippen molar-refractivity contribution in [2.45, 2.75) is 56.0 Å². The number of pyridine rings is 1. The van der Waals surface area contributed by atoms with Gasteiger partial charge in [-0.25, -0.2) is 0 Å². The van der Waals surface area contributed by atoms with Crippen LogP contribution in [0.3, 0.4) is 0 Å². The molecule has 0 unspecified atom stereocenters. The highest BCUT2D eigenvalue weighted by atomic mass is 19.4. The summed E-state index contributed by atoms with van der Waals surface area (Å²) in [5.74, 6) is -0.128. The molecule has 0 aliphatic rings. The van der Waals surface area contributed by atoms with Gasteiger partial charge in [0.05, 0.1) is 49.9 Å². The average molecular weight is 1270 g/mol. The molecule has 0 atom stereocenters. The third-order valence-corrected chi connectivity index (χ3v) is 14.0. The van der Waals surface area contributed by atoms with Crippen LogP contribution in [0.25, 0.3) is 21.5 Å². The van der Waals surface area contributed by atoms with Crippen LogP contribution >= 0.6 is 0 Å². The summed E-state index contributed by atoms with van der Waals surface area (Å²) in [5.41, 5.74) is -28.4. The molecule has 1 aromatic heterocycles. The van der Waals surface area contributed by atoms with E-state index in [9.17, 15) is 115 Å². The first-order valence-electron chi connectivity index (χ1n) is 24.9. The molecule has 3 nitrogen and oxygen atoms in total. The van der Waals surface area contributed by atoms with E-state index < -0.39 is 195 Å². The van der Waals surface area contributed by atoms with Crippen molar-refractivity contribution in [2.24, 2.45) is 0 Å². The van der Waals surface area contributed by atoms with E-state index in [1.54, 1.807) is 16.7 Å². The number of carbonyl (C=O) groups is 2. The average Bonchev–Trinajstić information content (AvgIpc) is 0.763. The molecule has 0 spiro atoms. The van der Waals surface area contributed by atoms with Crippen LogP contribution in [-0.2, 0) is 56.0 Å². The number of aromatic nitrogens is 1. The van der Waals surface area contributed by atoms with E-state index in [0.717, 1.165) is 21.5 Å². The summed E-state index contributed by atoms with van der Waals surface area (Å²) in [6.07, 6.45) is -53.0. The van der Waals surface area contributed by atoms with Crippen LogP contribution in [-0.4, -0.2) is 17.7 Å². The normalized spacial score (nSPS) is 13.1. The Balaban J connectivity index is 0.000000269. The van der Waals surface area contributed by atoms with Gasteiger partial charge in [-0.05, 0) is 52.6 Å². The first-order valence-corrected chi connectivity index (χ1v) is 24.9. The molecule has 9 aromatic rings. The lowest BCUT2D eigenvalue weighted by Crippen LogP contribution is -2.75. The number of hydrogen-bond donors (Lipinski definition) is 0. The topological polar surface area (TPSA) is 38.0 Å². The second-order valence-corrected chi connectivity index (χ2v) is 19.8. The SMILES string of the molecule is FC(F)(F)c1cc([B-](c2cc(C(F)(F)F)cc(C(F)(F)F)c2)(c2cc(C(F)(F)F)cc(C(F)(F)F)c2)c2cc(C(F)(F)F)cc(C(F)(F)F)c2)cc(C(F)(F)F)c1.O=C(C[n+]1ccc2ccccc2c1C(=O)c1ccc2ccccc2c1)c1ccccc1. The molecule has 28 heteroatoms. The van der Waals surface area contributed by atoms with Gasteiger partial charge in [-0.1, -0.05) is 133 Å². The lowest BCUT2D eigenvalue weighted by atomic mass is 9.12. The van der Waals surface area contributed by atoms with Crippen molar-refractivity contribution in [3.05, 3.63) is 243 Å². The van der Waals surface area contributed by atoms with Crippen molar-refractivity contribution in [1.82, 2.24) is 0 Å². The Morgan fingerprint density at radius 2 is 0.614 bits per heavy atom. The summed E-state index contributed by atoms with van der Waals surface area (Å²) in [7, 11) is 0. The fourth-order valence-corrected chi connectivity index (χ4v) is 10.0. The van der Waals surface area contributed by atoms with Crippen LogP contribution in [0.2, 0.25) is 0 Å². The Kier molecular flexibility index (Phi) is 17.0. The van der Waals surface area contributed by atoms with E-state index in [-0.39, 0.29) is 18.1 Å². The monoisotopic (exact) mass is 1270 g/mol. The van der Waals surface area contributed by atoms with Gasteiger partial charge < -0.3 is 0 Å². The minimum atomic E-state index is -6.13. The first kappa shape index (κ1) is 65.1. The van der Waals surface area contributed by atoms with Crippen LogP contribution in [0, 0.1) is 0 Å². The van der Waals surface area contributed by atoms with Crippen molar-refractivity contribution in [3.63, 3.8) is 0 Å². The van der Waals surface area contributed by atoms with Gasteiger partial charge in [0.2, 0.25) is 12.3 Å². The van der Waals surface area contributed by atoms with Crippen molar-refractivity contribution >= 4 is 61.1 Å². The second-order valence-electron chi connectivity index (χ2n) is 19.8. The second kappa shape index (κ2) is 23.0. The van der Waals surface area contributed by atoms with Crippen LogP contribution in [0.15, 0.2) is 182 Å². The number of alkyl halides is 24. The van der Waals surface area contributed by atoms with Gasteiger partial charge in [-0.15, -0.1) is 0 Å². The van der Waals surface area contributed by atoms with Crippen molar-refractivity contribution in [1.29, 1.82) is 0 Å². The maximum absolute atomic E-state index is 14.2. The Morgan fingerprint density at radius 3 is 0.955 bits per heavy atom. The molecule has 0 radical (unpaired) electrons. The Hall–Kier alpha value is -8.85.